The first-order chi connectivity index (χ1) is 11.1. The molecule has 1 N–H and O–H groups in total. The van der Waals surface area contributed by atoms with Crippen LogP contribution >= 0.6 is 11.3 Å². The van der Waals surface area contributed by atoms with Crippen molar-refractivity contribution in [2.24, 2.45) is 0 Å². The number of carbonyl (C=O) groups is 2. The zero-order chi connectivity index (χ0) is 16.2. The number of nitrogens with one attached hydrogen (secondary N) is 1. The number of anilines is 1. The van der Waals surface area contributed by atoms with Gasteiger partial charge >= 0.3 is 5.97 Å². The summed E-state index contributed by atoms with van der Waals surface area (Å²) in [5.74, 6) is 0.306. The molecule has 1 aromatic heterocycles. The minimum absolute atomic E-state index is 0.411. The molecule has 0 unspecified atom stereocenters. The minimum Gasteiger partial charge on any atom is -0.486 e. The van der Waals surface area contributed by atoms with E-state index in [2.05, 4.69) is 5.32 Å². The Hall–Kier alpha value is -2.54. The third kappa shape index (κ3) is 3.62. The van der Waals surface area contributed by atoms with Crippen molar-refractivity contribution >= 4 is 28.9 Å². The molecule has 3 rings (SSSR count). The Kier molecular flexibility index (Phi) is 4.47. The van der Waals surface area contributed by atoms with E-state index in [4.69, 9.17) is 14.2 Å². The molecule has 120 valence electrons. The third-order valence-corrected chi connectivity index (χ3v) is 4.04. The number of benzene rings is 1. The SMILES string of the molecule is C[C@@H](OC(=O)c1cccs1)C(=O)Nc1ccc2c(c1)OCCO2. The van der Waals surface area contributed by atoms with Crippen LogP contribution in [0.4, 0.5) is 5.69 Å². The van der Waals surface area contributed by atoms with Crippen LogP contribution in [0.1, 0.15) is 16.6 Å². The van der Waals surface area contributed by atoms with E-state index in [9.17, 15) is 9.59 Å². The maximum Gasteiger partial charge on any atom is 0.349 e. The molecule has 1 aliphatic rings. The van der Waals surface area contributed by atoms with Gasteiger partial charge in [-0.25, -0.2) is 4.79 Å². The van der Waals surface area contributed by atoms with Gasteiger partial charge in [-0.1, -0.05) is 6.07 Å². The van der Waals surface area contributed by atoms with Crippen molar-refractivity contribution in [2.45, 2.75) is 13.0 Å². The third-order valence-electron chi connectivity index (χ3n) is 3.19. The van der Waals surface area contributed by atoms with E-state index in [0.717, 1.165) is 0 Å². The van der Waals surface area contributed by atoms with Crippen LogP contribution in [-0.2, 0) is 9.53 Å². The highest BCUT2D eigenvalue weighted by Crippen LogP contribution is 2.32. The average molecular weight is 333 g/mol. The number of amides is 1. The molecule has 0 spiro atoms. The molecular formula is C16H15NO5S. The van der Waals surface area contributed by atoms with E-state index in [1.807, 2.05) is 0 Å². The molecular weight excluding hydrogens is 318 g/mol. The fraction of sp³-hybridized carbons (Fsp3) is 0.250. The van der Waals surface area contributed by atoms with Crippen LogP contribution in [0.25, 0.3) is 0 Å². The van der Waals surface area contributed by atoms with Crippen molar-refractivity contribution < 1.29 is 23.8 Å². The summed E-state index contributed by atoms with van der Waals surface area (Å²) >= 11 is 1.27. The summed E-state index contributed by atoms with van der Waals surface area (Å²) in [6, 6.07) is 8.52. The first-order valence-corrected chi connectivity index (χ1v) is 7.96. The maximum atomic E-state index is 12.1. The molecule has 1 atom stereocenters. The highest BCUT2D eigenvalue weighted by atomic mass is 32.1. The number of fused-ring (bicyclic) bond motifs is 1. The number of carbonyl (C=O) groups excluding carboxylic acids is 2. The average Bonchev–Trinajstić information content (AvgIpc) is 3.09. The molecule has 2 aromatic rings. The molecule has 0 aliphatic carbocycles. The van der Waals surface area contributed by atoms with E-state index < -0.39 is 18.0 Å². The summed E-state index contributed by atoms with van der Waals surface area (Å²) in [6.07, 6.45) is -0.905. The lowest BCUT2D eigenvalue weighted by Gasteiger charge is -2.19. The summed E-state index contributed by atoms with van der Waals surface area (Å²) in [4.78, 5) is 24.4. The Labute approximate surface area is 137 Å². The van der Waals surface area contributed by atoms with E-state index in [1.54, 1.807) is 35.7 Å². The molecule has 0 bridgehead atoms. The van der Waals surface area contributed by atoms with E-state index in [-0.39, 0.29) is 0 Å². The van der Waals surface area contributed by atoms with Crippen LogP contribution in [0.5, 0.6) is 11.5 Å². The number of esters is 1. The normalized spacial score (nSPS) is 14.0. The second-order valence-electron chi connectivity index (χ2n) is 4.87. The number of rotatable bonds is 4. The predicted molar refractivity (Wildman–Crippen MR) is 85.3 cm³/mol. The number of thiophene rings is 1. The van der Waals surface area contributed by atoms with Gasteiger partial charge < -0.3 is 19.5 Å². The second-order valence-corrected chi connectivity index (χ2v) is 5.82. The van der Waals surface area contributed by atoms with Crippen molar-refractivity contribution in [3.63, 3.8) is 0 Å². The molecule has 1 aliphatic heterocycles. The van der Waals surface area contributed by atoms with Crippen molar-refractivity contribution in [2.75, 3.05) is 18.5 Å². The van der Waals surface area contributed by atoms with Crippen LogP contribution in [0.15, 0.2) is 35.7 Å². The van der Waals surface area contributed by atoms with E-state index >= 15 is 0 Å². The Morgan fingerprint density at radius 2 is 2.00 bits per heavy atom. The Morgan fingerprint density at radius 3 is 2.74 bits per heavy atom. The summed E-state index contributed by atoms with van der Waals surface area (Å²) in [6.45, 7) is 2.51. The number of ether oxygens (including phenoxy) is 3. The maximum absolute atomic E-state index is 12.1. The molecule has 23 heavy (non-hydrogen) atoms. The minimum atomic E-state index is -0.905. The Morgan fingerprint density at radius 1 is 1.22 bits per heavy atom. The second kappa shape index (κ2) is 6.70. The van der Waals surface area contributed by atoms with Gasteiger partial charge in [0, 0.05) is 11.8 Å². The van der Waals surface area contributed by atoms with Gasteiger partial charge in [0.25, 0.3) is 5.91 Å². The molecule has 7 heteroatoms. The standard InChI is InChI=1S/C16H15NO5S/c1-10(22-16(19)14-3-2-8-23-14)15(18)17-11-4-5-12-13(9-11)21-7-6-20-12/h2-5,8-10H,6-7H2,1H3,(H,17,18)/t10-/m1/s1. The first-order valence-electron chi connectivity index (χ1n) is 7.08. The summed E-state index contributed by atoms with van der Waals surface area (Å²) < 4.78 is 16.0. The van der Waals surface area contributed by atoms with Gasteiger partial charge in [-0.15, -0.1) is 11.3 Å². The lowest BCUT2D eigenvalue weighted by molar-refractivity contribution is -0.123. The van der Waals surface area contributed by atoms with E-state index in [1.165, 1.54) is 18.3 Å². The van der Waals surface area contributed by atoms with Crippen LogP contribution in [0.3, 0.4) is 0 Å². The lowest BCUT2D eigenvalue weighted by Crippen LogP contribution is -2.29. The van der Waals surface area contributed by atoms with Gasteiger partial charge in [0.2, 0.25) is 0 Å². The van der Waals surface area contributed by atoms with Gasteiger partial charge in [-0.2, -0.15) is 0 Å². The summed E-state index contributed by atoms with van der Waals surface area (Å²) in [5, 5.41) is 4.47. The fourth-order valence-corrected chi connectivity index (χ4v) is 2.64. The summed E-state index contributed by atoms with van der Waals surface area (Å²) in [7, 11) is 0. The smallest absolute Gasteiger partial charge is 0.349 e. The summed E-state index contributed by atoms with van der Waals surface area (Å²) in [5.41, 5.74) is 0.554. The van der Waals surface area contributed by atoms with Crippen LogP contribution in [-0.4, -0.2) is 31.2 Å². The molecule has 0 saturated carbocycles. The first kappa shape index (κ1) is 15.4. The lowest BCUT2D eigenvalue weighted by atomic mass is 10.2. The highest BCUT2D eigenvalue weighted by Gasteiger charge is 2.20. The number of hydrogen-bond donors (Lipinski definition) is 1. The molecule has 0 fully saturated rings. The van der Waals surface area contributed by atoms with Gasteiger partial charge in [-0.3, -0.25) is 4.79 Å². The highest BCUT2D eigenvalue weighted by molar-refractivity contribution is 7.11. The molecule has 2 heterocycles. The van der Waals surface area contributed by atoms with E-state index in [0.29, 0.717) is 35.3 Å². The van der Waals surface area contributed by atoms with Crippen molar-refractivity contribution in [3.8, 4) is 11.5 Å². The van der Waals surface area contributed by atoms with Crippen LogP contribution < -0.4 is 14.8 Å². The quantitative estimate of drug-likeness (QED) is 0.871. The zero-order valence-electron chi connectivity index (χ0n) is 12.4. The van der Waals surface area contributed by atoms with Gasteiger partial charge in [-0.05, 0) is 30.5 Å². The Bertz CT molecular complexity index is 713. The monoisotopic (exact) mass is 333 g/mol. The van der Waals surface area contributed by atoms with Gasteiger partial charge in [0.05, 0.1) is 0 Å². The number of hydrogen-bond acceptors (Lipinski definition) is 6. The topological polar surface area (TPSA) is 73.9 Å². The van der Waals surface area contributed by atoms with Crippen molar-refractivity contribution in [1.29, 1.82) is 0 Å². The van der Waals surface area contributed by atoms with Gasteiger partial charge in [0.1, 0.15) is 18.1 Å². The predicted octanol–water partition coefficient (Wildman–Crippen LogP) is 2.70. The Balaban J connectivity index is 1.61. The molecule has 1 aromatic carbocycles. The van der Waals surface area contributed by atoms with Crippen LogP contribution in [0, 0.1) is 0 Å². The molecule has 6 nitrogen and oxygen atoms in total. The molecule has 0 saturated heterocycles. The molecule has 0 radical (unpaired) electrons. The zero-order valence-corrected chi connectivity index (χ0v) is 13.2. The molecule has 1 amide bonds. The van der Waals surface area contributed by atoms with Crippen molar-refractivity contribution in [3.05, 3.63) is 40.6 Å². The largest absolute Gasteiger partial charge is 0.486 e. The van der Waals surface area contributed by atoms with Crippen LogP contribution in [0.2, 0.25) is 0 Å². The van der Waals surface area contributed by atoms with Crippen molar-refractivity contribution in [1.82, 2.24) is 0 Å². The van der Waals surface area contributed by atoms with Gasteiger partial charge in [0.15, 0.2) is 17.6 Å². The fourth-order valence-electron chi connectivity index (χ4n) is 2.03.